The highest BCUT2D eigenvalue weighted by Crippen LogP contribution is 2.59. The SMILES string of the molecule is Cc1cccc([C@H]2C3=CC[C@@H]4C(=O)N(c5cccc(B(O)O)c5)C(=O)[C@@H]4[C@@H]3C[C@H]3C(=O)N(c4cccc(B(O)O)c4)C(=O)[C@@H]23)c1O. The van der Waals surface area contributed by atoms with E-state index in [2.05, 4.69) is 0 Å². The fraction of sp³-hybridized carbons (Fsp3) is 0.273. The molecule has 13 heteroatoms. The molecule has 6 atom stereocenters. The smallest absolute Gasteiger partial charge is 0.488 e. The second-order valence-electron chi connectivity index (χ2n) is 12.5. The van der Waals surface area contributed by atoms with Crippen molar-refractivity contribution < 1.29 is 44.4 Å². The van der Waals surface area contributed by atoms with Gasteiger partial charge in [0.15, 0.2) is 0 Å². The molecule has 4 amide bonds. The van der Waals surface area contributed by atoms with Crippen molar-refractivity contribution in [2.24, 2.45) is 29.6 Å². The van der Waals surface area contributed by atoms with Gasteiger partial charge < -0.3 is 25.2 Å². The predicted molar refractivity (Wildman–Crippen MR) is 168 cm³/mol. The first-order valence-electron chi connectivity index (χ1n) is 15.2. The highest BCUT2D eigenvalue weighted by atomic mass is 16.4. The van der Waals surface area contributed by atoms with E-state index in [1.807, 2.05) is 6.08 Å². The van der Waals surface area contributed by atoms with Gasteiger partial charge in [0.2, 0.25) is 23.6 Å². The molecular weight excluding hydrogens is 590 g/mol. The summed E-state index contributed by atoms with van der Waals surface area (Å²) in [6.07, 6.45) is 2.20. The third kappa shape index (κ3) is 4.45. The number of rotatable bonds is 5. The first kappa shape index (κ1) is 30.1. The summed E-state index contributed by atoms with van der Waals surface area (Å²) >= 11 is 0. The summed E-state index contributed by atoms with van der Waals surface area (Å²) in [6, 6.07) is 17.0. The Hall–Kier alpha value is -4.55. The zero-order valence-electron chi connectivity index (χ0n) is 24.7. The molecule has 2 saturated heterocycles. The van der Waals surface area contributed by atoms with Gasteiger partial charge in [-0.15, -0.1) is 0 Å². The van der Waals surface area contributed by atoms with Crippen LogP contribution in [-0.4, -0.2) is 63.1 Å². The average Bonchev–Trinajstić information content (AvgIpc) is 3.45. The largest absolute Gasteiger partial charge is 0.507 e. The fourth-order valence-electron chi connectivity index (χ4n) is 8.03. The van der Waals surface area contributed by atoms with Crippen LogP contribution in [0.3, 0.4) is 0 Å². The van der Waals surface area contributed by atoms with Crippen molar-refractivity contribution >= 4 is 60.2 Å². The van der Waals surface area contributed by atoms with E-state index in [1.165, 1.54) is 42.5 Å². The number of anilines is 2. The van der Waals surface area contributed by atoms with Gasteiger partial charge in [-0.1, -0.05) is 54.1 Å². The van der Waals surface area contributed by atoms with E-state index in [9.17, 15) is 44.4 Å². The maximum atomic E-state index is 14.3. The number of carbonyl (C=O) groups is 4. The normalized spacial score (nSPS) is 26.9. The predicted octanol–water partition coefficient (Wildman–Crippen LogP) is 0.105. The standard InChI is InChI=1S/C33H30B2N2O9/c1-16-5-2-10-22(29(16)38)26-21-11-12-23-27(32(41)36(30(23)39)19-8-3-6-17(13-19)34(43)44)24(21)15-25-28(26)33(42)37(31(25)40)20-9-4-7-18(14-20)35(45)46/h2-11,13-14,23-28,38,43-46H,12,15H2,1H3/t23-,24+,25+,26+,27-,28+/m0/s1. The maximum absolute atomic E-state index is 14.3. The van der Waals surface area contributed by atoms with Gasteiger partial charge >= 0.3 is 14.2 Å². The molecule has 0 unspecified atom stereocenters. The molecule has 0 spiro atoms. The molecule has 3 aromatic carbocycles. The lowest BCUT2D eigenvalue weighted by Gasteiger charge is -2.44. The van der Waals surface area contributed by atoms with E-state index in [0.717, 1.165) is 9.80 Å². The molecule has 2 aliphatic heterocycles. The van der Waals surface area contributed by atoms with Gasteiger partial charge in [-0.25, -0.2) is 0 Å². The third-order valence-corrected chi connectivity index (χ3v) is 10.1. The Morgan fingerprint density at radius 2 is 1.22 bits per heavy atom. The Labute approximate surface area is 264 Å². The van der Waals surface area contributed by atoms with Crippen molar-refractivity contribution in [1.82, 2.24) is 0 Å². The van der Waals surface area contributed by atoms with Crippen molar-refractivity contribution in [2.75, 3.05) is 9.80 Å². The zero-order chi connectivity index (χ0) is 32.6. The first-order valence-corrected chi connectivity index (χ1v) is 15.2. The Morgan fingerprint density at radius 3 is 1.80 bits per heavy atom. The first-order chi connectivity index (χ1) is 22.0. The van der Waals surface area contributed by atoms with Crippen LogP contribution < -0.4 is 20.7 Å². The maximum Gasteiger partial charge on any atom is 0.488 e. The van der Waals surface area contributed by atoms with Crippen LogP contribution in [0, 0.1) is 36.5 Å². The number of phenolic OH excluding ortho intramolecular Hbond substituents is 1. The lowest BCUT2D eigenvalue weighted by Crippen LogP contribution is -2.43. The summed E-state index contributed by atoms with van der Waals surface area (Å²) in [4.78, 5) is 58.5. The Morgan fingerprint density at radius 1 is 0.674 bits per heavy atom. The van der Waals surface area contributed by atoms with Crippen LogP contribution in [0.5, 0.6) is 5.75 Å². The summed E-state index contributed by atoms with van der Waals surface area (Å²) in [5, 5.41) is 50.1. The molecule has 2 aliphatic carbocycles. The van der Waals surface area contributed by atoms with E-state index in [0.29, 0.717) is 16.7 Å². The Bertz CT molecular complexity index is 1840. The molecule has 2 heterocycles. The summed E-state index contributed by atoms with van der Waals surface area (Å²) in [7, 11) is -3.61. The summed E-state index contributed by atoms with van der Waals surface area (Å²) in [5.41, 5.74) is 2.36. The molecule has 0 aromatic heterocycles. The van der Waals surface area contributed by atoms with E-state index >= 15 is 0 Å². The third-order valence-electron chi connectivity index (χ3n) is 10.1. The second-order valence-corrected chi connectivity index (χ2v) is 12.5. The van der Waals surface area contributed by atoms with E-state index < -0.39 is 73.4 Å². The number of hydrogen-bond donors (Lipinski definition) is 5. The van der Waals surface area contributed by atoms with Gasteiger partial charge in [0.05, 0.1) is 35.0 Å². The van der Waals surface area contributed by atoms with Crippen LogP contribution in [0.2, 0.25) is 0 Å². The molecule has 5 N–H and O–H groups in total. The number of para-hydroxylation sites is 1. The van der Waals surface area contributed by atoms with E-state index in [1.54, 1.807) is 31.2 Å². The minimum atomic E-state index is -1.81. The fourth-order valence-corrected chi connectivity index (χ4v) is 8.03. The lowest BCUT2D eigenvalue weighted by atomic mass is 9.57. The number of aryl methyl sites for hydroxylation is 1. The number of carbonyl (C=O) groups excluding carboxylic acids is 4. The highest BCUT2D eigenvalue weighted by molar-refractivity contribution is 6.59. The molecule has 3 aromatic rings. The molecule has 11 nitrogen and oxygen atoms in total. The molecular formula is C33H30B2N2O9. The van der Waals surface area contributed by atoms with Gasteiger partial charge in [0.1, 0.15) is 5.75 Å². The second kappa shape index (κ2) is 11.1. The summed E-state index contributed by atoms with van der Waals surface area (Å²) < 4.78 is 0. The van der Waals surface area contributed by atoms with Gasteiger partial charge in [-0.05, 0) is 66.4 Å². The molecule has 46 heavy (non-hydrogen) atoms. The summed E-state index contributed by atoms with van der Waals surface area (Å²) in [6.45, 7) is 1.73. The molecule has 0 radical (unpaired) electrons. The Balaban J connectivity index is 1.33. The number of amides is 4. The van der Waals surface area contributed by atoms with Crippen molar-refractivity contribution in [2.45, 2.75) is 25.7 Å². The number of hydrogen-bond acceptors (Lipinski definition) is 9. The molecule has 1 saturated carbocycles. The van der Waals surface area contributed by atoms with E-state index in [4.69, 9.17) is 0 Å². The van der Waals surface area contributed by atoms with Gasteiger partial charge in [-0.3, -0.25) is 29.0 Å². The topological polar surface area (TPSA) is 176 Å². The van der Waals surface area contributed by atoms with Crippen LogP contribution >= 0.6 is 0 Å². The number of nitrogens with zero attached hydrogens (tertiary/aromatic N) is 2. The number of imide groups is 2. The molecule has 3 fully saturated rings. The highest BCUT2D eigenvalue weighted by Gasteiger charge is 2.62. The van der Waals surface area contributed by atoms with Crippen molar-refractivity contribution in [1.29, 1.82) is 0 Å². The number of benzene rings is 3. The monoisotopic (exact) mass is 620 g/mol. The van der Waals surface area contributed by atoms with Crippen molar-refractivity contribution in [3.8, 4) is 5.75 Å². The molecule has 0 bridgehead atoms. The molecule has 232 valence electrons. The Kier molecular flexibility index (Phi) is 7.24. The van der Waals surface area contributed by atoms with Crippen LogP contribution in [0.1, 0.15) is 29.9 Å². The van der Waals surface area contributed by atoms with Crippen molar-refractivity contribution in [3.05, 3.63) is 89.5 Å². The van der Waals surface area contributed by atoms with E-state index in [-0.39, 0.29) is 40.9 Å². The number of fused-ring (bicyclic) bond motifs is 4. The van der Waals surface area contributed by atoms with Crippen LogP contribution in [0.25, 0.3) is 0 Å². The number of allylic oxidation sites excluding steroid dienone is 2. The van der Waals surface area contributed by atoms with Gasteiger partial charge in [-0.2, -0.15) is 0 Å². The van der Waals surface area contributed by atoms with Crippen molar-refractivity contribution in [3.63, 3.8) is 0 Å². The number of phenols is 1. The van der Waals surface area contributed by atoms with Crippen LogP contribution in [-0.2, 0) is 19.2 Å². The molecule has 7 rings (SSSR count). The quantitative estimate of drug-likeness (QED) is 0.151. The van der Waals surface area contributed by atoms with Crippen LogP contribution in [0.15, 0.2) is 78.4 Å². The lowest BCUT2D eigenvalue weighted by molar-refractivity contribution is -0.126. The summed E-state index contributed by atoms with van der Waals surface area (Å²) in [5.74, 6) is -6.64. The minimum Gasteiger partial charge on any atom is -0.507 e. The van der Waals surface area contributed by atoms with Gasteiger partial charge in [0.25, 0.3) is 0 Å². The molecule has 4 aliphatic rings. The average molecular weight is 620 g/mol. The number of aromatic hydroxyl groups is 1. The zero-order valence-corrected chi connectivity index (χ0v) is 24.7. The van der Waals surface area contributed by atoms with Gasteiger partial charge in [0, 0.05) is 11.5 Å². The minimum absolute atomic E-state index is 0.0196. The van der Waals surface area contributed by atoms with Crippen LogP contribution in [0.4, 0.5) is 11.4 Å².